The molecule has 1 aromatic heterocycles. The number of carbonyl (C=O) groups excluding carboxylic acids is 1. The van der Waals surface area contributed by atoms with Gasteiger partial charge >= 0.3 is 11.9 Å². The van der Waals surface area contributed by atoms with E-state index in [0.29, 0.717) is 16.3 Å². The minimum Gasteiger partial charge on any atom is -0.481 e. The zero-order valence-corrected chi connectivity index (χ0v) is 15.5. The molecule has 1 unspecified atom stereocenters. The van der Waals surface area contributed by atoms with Gasteiger partial charge in [0.05, 0.1) is 12.0 Å². The third-order valence-corrected chi connectivity index (χ3v) is 4.16. The molecular weight excluding hydrogens is 342 g/mol. The second-order valence-electron chi connectivity index (χ2n) is 7.18. The van der Waals surface area contributed by atoms with Gasteiger partial charge in [-0.3, -0.25) is 4.79 Å². The number of carbonyl (C=O) groups is 2. The number of esters is 1. The van der Waals surface area contributed by atoms with E-state index in [0.717, 1.165) is 5.56 Å². The van der Waals surface area contributed by atoms with E-state index in [1.54, 1.807) is 64.2 Å². The number of carboxylic acids is 1. The summed E-state index contributed by atoms with van der Waals surface area (Å²) in [4.78, 5) is 27.1. The highest BCUT2D eigenvalue weighted by molar-refractivity contribution is 6.30. The van der Waals surface area contributed by atoms with Crippen molar-refractivity contribution >= 4 is 23.5 Å². The van der Waals surface area contributed by atoms with Crippen LogP contribution in [0.5, 0.6) is 0 Å². The predicted octanol–water partition coefficient (Wildman–Crippen LogP) is 4.40. The van der Waals surface area contributed by atoms with Gasteiger partial charge in [-0.2, -0.15) is 0 Å². The zero-order valence-electron chi connectivity index (χ0n) is 14.7. The number of halogens is 1. The summed E-state index contributed by atoms with van der Waals surface area (Å²) in [6, 6.07) is 8.55. The Bertz CT molecular complexity index is 773. The highest BCUT2D eigenvalue weighted by atomic mass is 35.5. The Morgan fingerprint density at radius 2 is 1.72 bits per heavy atom. The summed E-state index contributed by atoms with van der Waals surface area (Å²) in [5.41, 5.74) is -0.00648. The van der Waals surface area contributed by atoms with Crippen molar-refractivity contribution < 1.29 is 19.4 Å². The Labute approximate surface area is 152 Å². The van der Waals surface area contributed by atoms with Crippen molar-refractivity contribution in [2.75, 3.05) is 0 Å². The molecule has 0 saturated heterocycles. The molecule has 25 heavy (non-hydrogen) atoms. The average molecular weight is 364 g/mol. The summed E-state index contributed by atoms with van der Waals surface area (Å²) in [5.74, 6) is -1.46. The number of rotatable bonds is 5. The molecule has 0 radical (unpaired) electrons. The van der Waals surface area contributed by atoms with Gasteiger partial charge in [-0.05, 0) is 51.5 Å². The Kier molecular flexibility index (Phi) is 5.28. The maximum atomic E-state index is 12.5. The fourth-order valence-corrected chi connectivity index (χ4v) is 2.91. The number of aliphatic carboxylic acids is 1. The van der Waals surface area contributed by atoms with Gasteiger partial charge in [0.2, 0.25) is 0 Å². The molecule has 134 valence electrons. The topological polar surface area (TPSA) is 79.4 Å². The molecule has 1 atom stereocenters. The quantitative estimate of drug-likeness (QED) is 0.771. The largest absolute Gasteiger partial charge is 0.481 e. The number of benzene rings is 1. The van der Waals surface area contributed by atoms with E-state index in [2.05, 4.69) is 4.98 Å². The monoisotopic (exact) mass is 363 g/mol. The van der Waals surface area contributed by atoms with E-state index in [4.69, 9.17) is 16.3 Å². The van der Waals surface area contributed by atoms with Gasteiger partial charge < -0.3 is 14.8 Å². The SMILES string of the molecule is CC(C)(C)OC(=O)c1cc[nH]c1C(C)(CC(=O)O)c1ccc(Cl)cc1. The highest BCUT2D eigenvalue weighted by Gasteiger charge is 2.37. The summed E-state index contributed by atoms with van der Waals surface area (Å²) in [6.07, 6.45) is 1.43. The molecular formula is C19H22ClNO4. The molecule has 0 aliphatic rings. The second-order valence-corrected chi connectivity index (χ2v) is 7.61. The minimum atomic E-state index is -0.970. The van der Waals surface area contributed by atoms with Crippen molar-refractivity contribution in [2.45, 2.75) is 45.1 Å². The maximum absolute atomic E-state index is 12.5. The van der Waals surface area contributed by atoms with E-state index in [1.165, 1.54) is 0 Å². The Morgan fingerprint density at radius 1 is 1.12 bits per heavy atom. The standard InChI is InChI=1S/C19H22ClNO4/c1-18(2,3)25-17(24)14-9-10-21-16(14)19(4,11-15(22)23)12-5-7-13(20)8-6-12/h5-10,21H,11H2,1-4H3,(H,22,23). The van der Waals surface area contributed by atoms with Crippen LogP contribution in [0.2, 0.25) is 5.02 Å². The van der Waals surface area contributed by atoms with Crippen LogP contribution in [0.4, 0.5) is 0 Å². The summed E-state index contributed by atoms with van der Waals surface area (Å²) in [7, 11) is 0. The van der Waals surface area contributed by atoms with Crippen molar-refractivity contribution in [3.8, 4) is 0 Å². The number of aromatic nitrogens is 1. The number of H-pyrrole nitrogens is 1. The summed E-state index contributed by atoms with van der Waals surface area (Å²) in [5, 5.41) is 9.98. The van der Waals surface area contributed by atoms with E-state index in [-0.39, 0.29) is 6.42 Å². The first-order chi connectivity index (χ1) is 11.5. The molecule has 0 amide bonds. The van der Waals surface area contributed by atoms with Crippen molar-refractivity contribution in [3.63, 3.8) is 0 Å². The molecule has 5 nitrogen and oxygen atoms in total. The van der Waals surface area contributed by atoms with Crippen molar-refractivity contribution in [3.05, 3.63) is 58.4 Å². The molecule has 1 aromatic carbocycles. The van der Waals surface area contributed by atoms with Gasteiger partial charge in [0, 0.05) is 22.3 Å². The summed E-state index contributed by atoms with van der Waals surface area (Å²) >= 11 is 5.95. The average Bonchev–Trinajstić information content (AvgIpc) is 2.95. The van der Waals surface area contributed by atoms with E-state index in [9.17, 15) is 14.7 Å². The van der Waals surface area contributed by atoms with Crippen LogP contribution in [0.3, 0.4) is 0 Å². The first-order valence-electron chi connectivity index (χ1n) is 7.92. The minimum absolute atomic E-state index is 0.190. The Hall–Kier alpha value is -2.27. The lowest BCUT2D eigenvalue weighted by molar-refractivity contribution is -0.138. The Balaban J connectivity index is 2.53. The molecule has 0 bridgehead atoms. The first-order valence-corrected chi connectivity index (χ1v) is 8.30. The molecule has 2 N–H and O–H groups in total. The predicted molar refractivity (Wildman–Crippen MR) is 96.1 cm³/mol. The lowest BCUT2D eigenvalue weighted by Crippen LogP contribution is -2.31. The number of hydrogen-bond acceptors (Lipinski definition) is 3. The molecule has 1 heterocycles. The van der Waals surface area contributed by atoms with Crippen molar-refractivity contribution in [1.29, 1.82) is 0 Å². The number of nitrogens with one attached hydrogen (secondary N) is 1. The smallest absolute Gasteiger partial charge is 0.340 e. The van der Waals surface area contributed by atoms with Gasteiger partial charge in [0.15, 0.2) is 0 Å². The van der Waals surface area contributed by atoms with Gasteiger partial charge in [-0.1, -0.05) is 23.7 Å². The number of carboxylic acid groups (broad SMARTS) is 1. The molecule has 0 fully saturated rings. The van der Waals surface area contributed by atoms with Crippen LogP contribution in [-0.4, -0.2) is 27.6 Å². The van der Waals surface area contributed by atoms with Crippen LogP contribution in [0.15, 0.2) is 36.5 Å². The fraction of sp³-hybridized carbons (Fsp3) is 0.368. The molecule has 6 heteroatoms. The van der Waals surface area contributed by atoms with E-state index < -0.39 is 23.0 Å². The summed E-state index contributed by atoms with van der Waals surface area (Å²) < 4.78 is 5.45. The van der Waals surface area contributed by atoms with Crippen LogP contribution >= 0.6 is 11.6 Å². The lowest BCUT2D eigenvalue weighted by Gasteiger charge is -2.29. The van der Waals surface area contributed by atoms with Crippen LogP contribution in [0.1, 0.15) is 55.7 Å². The number of aromatic amines is 1. The summed E-state index contributed by atoms with van der Waals surface area (Å²) in [6.45, 7) is 7.14. The zero-order chi connectivity index (χ0) is 18.8. The molecule has 0 spiro atoms. The first kappa shape index (κ1) is 19.1. The Morgan fingerprint density at radius 3 is 2.24 bits per heavy atom. The maximum Gasteiger partial charge on any atom is 0.340 e. The van der Waals surface area contributed by atoms with Crippen molar-refractivity contribution in [2.24, 2.45) is 0 Å². The van der Waals surface area contributed by atoms with Gasteiger partial charge in [0.1, 0.15) is 5.60 Å². The lowest BCUT2D eigenvalue weighted by atomic mass is 9.75. The number of ether oxygens (including phenoxy) is 1. The third-order valence-electron chi connectivity index (χ3n) is 3.90. The molecule has 0 aliphatic heterocycles. The fourth-order valence-electron chi connectivity index (χ4n) is 2.78. The normalized spacial score (nSPS) is 14.0. The van der Waals surface area contributed by atoms with Gasteiger partial charge in [-0.25, -0.2) is 4.79 Å². The van der Waals surface area contributed by atoms with Crippen LogP contribution < -0.4 is 0 Å². The second kappa shape index (κ2) is 6.92. The van der Waals surface area contributed by atoms with Crippen LogP contribution in [0, 0.1) is 0 Å². The van der Waals surface area contributed by atoms with E-state index in [1.807, 2.05) is 0 Å². The molecule has 2 rings (SSSR count). The highest BCUT2D eigenvalue weighted by Crippen LogP contribution is 2.37. The molecule has 0 saturated carbocycles. The van der Waals surface area contributed by atoms with E-state index >= 15 is 0 Å². The third kappa shape index (κ3) is 4.42. The van der Waals surface area contributed by atoms with Gasteiger partial charge in [0.25, 0.3) is 0 Å². The number of hydrogen-bond donors (Lipinski definition) is 2. The molecule has 2 aromatic rings. The van der Waals surface area contributed by atoms with Crippen LogP contribution in [-0.2, 0) is 14.9 Å². The van der Waals surface area contributed by atoms with Crippen LogP contribution in [0.25, 0.3) is 0 Å². The van der Waals surface area contributed by atoms with Gasteiger partial charge in [-0.15, -0.1) is 0 Å². The molecule has 0 aliphatic carbocycles. The van der Waals surface area contributed by atoms with Crippen molar-refractivity contribution in [1.82, 2.24) is 4.98 Å².